The lowest BCUT2D eigenvalue weighted by atomic mass is 9.86. The second-order valence-electron chi connectivity index (χ2n) is 10.5. The Labute approximate surface area is 223 Å². The van der Waals surface area contributed by atoms with Gasteiger partial charge >= 0.3 is 12.1 Å². The summed E-state index contributed by atoms with van der Waals surface area (Å²) < 4.78 is 63.0. The molecule has 3 N–H and O–H groups in total. The first kappa shape index (κ1) is 33.6. The summed E-state index contributed by atoms with van der Waals surface area (Å²) in [5.41, 5.74) is 0.686. The molecule has 1 unspecified atom stereocenters. The fourth-order valence-corrected chi connectivity index (χ4v) is 6.00. The second-order valence-corrected chi connectivity index (χ2v) is 11.9. The zero-order chi connectivity index (χ0) is 29.0. The van der Waals surface area contributed by atoms with Crippen molar-refractivity contribution in [1.29, 1.82) is 0 Å². The lowest BCUT2D eigenvalue weighted by Gasteiger charge is -2.45. The van der Waals surface area contributed by atoms with Gasteiger partial charge in [0, 0.05) is 5.69 Å². The third-order valence-corrected chi connectivity index (χ3v) is 7.45. The molecule has 38 heavy (non-hydrogen) atoms. The number of likely N-dealkylation sites (N-methyl/N-ethyl adjacent to an activating group) is 1. The summed E-state index contributed by atoms with van der Waals surface area (Å²) >= 11 is 0. The number of piperidine rings is 1. The van der Waals surface area contributed by atoms with E-state index in [9.17, 15) is 31.5 Å². The van der Waals surface area contributed by atoms with Gasteiger partial charge in [0.05, 0.1) is 39.1 Å². The van der Waals surface area contributed by atoms with Gasteiger partial charge in [0.25, 0.3) is 10.2 Å². The first-order valence-corrected chi connectivity index (χ1v) is 14.2. The van der Waals surface area contributed by atoms with Crippen LogP contribution in [0.1, 0.15) is 70.3 Å². The van der Waals surface area contributed by atoms with Gasteiger partial charge in [-0.2, -0.15) is 26.3 Å². The predicted octanol–water partition coefficient (Wildman–Crippen LogP) is 3.22. The molecule has 2 rings (SSSR count). The first-order chi connectivity index (χ1) is 17.5. The number of quaternary nitrogens is 1. The Morgan fingerprint density at radius 3 is 2.13 bits per heavy atom. The van der Waals surface area contributed by atoms with Crippen molar-refractivity contribution < 1.29 is 45.9 Å². The van der Waals surface area contributed by atoms with Gasteiger partial charge in [-0.1, -0.05) is 51.2 Å². The number of benzene rings is 1. The minimum atomic E-state index is -5.19. The number of aryl methyl sites for hydroxylation is 1. The van der Waals surface area contributed by atoms with Gasteiger partial charge < -0.3 is 19.5 Å². The van der Waals surface area contributed by atoms with E-state index in [4.69, 9.17) is 9.90 Å². The van der Waals surface area contributed by atoms with Crippen LogP contribution in [0.2, 0.25) is 0 Å². The van der Waals surface area contributed by atoms with E-state index in [0.29, 0.717) is 23.1 Å². The Hall–Kier alpha value is -2.38. The van der Waals surface area contributed by atoms with E-state index in [2.05, 4.69) is 16.4 Å². The predicted molar refractivity (Wildman–Crippen MR) is 136 cm³/mol. The highest BCUT2D eigenvalue weighted by Gasteiger charge is 2.45. The topological polar surface area (TPSA) is 136 Å². The minimum absolute atomic E-state index is 0.229. The van der Waals surface area contributed by atoms with Crippen molar-refractivity contribution in [3.8, 4) is 0 Å². The van der Waals surface area contributed by atoms with Crippen LogP contribution in [0.15, 0.2) is 24.3 Å². The summed E-state index contributed by atoms with van der Waals surface area (Å²) in [6, 6.07) is 7.46. The van der Waals surface area contributed by atoms with Crippen LogP contribution < -0.4 is 14.6 Å². The highest BCUT2D eigenvalue weighted by atomic mass is 32.2. The number of alkyl halides is 3. The van der Waals surface area contributed by atoms with Gasteiger partial charge in [-0.3, -0.25) is 9.52 Å². The zero-order valence-corrected chi connectivity index (χ0v) is 23.1. The van der Waals surface area contributed by atoms with Crippen molar-refractivity contribution in [1.82, 2.24) is 4.72 Å². The minimum Gasteiger partial charge on any atom is -0.542 e. The quantitative estimate of drug-likeness (QED) is 0.247. The fraction of sp³-hybridized carbons (Fsp3) is 0.680. The van der Waals surface area contributed by atoms with Crippen LogP contribution in [0.3, 0.4) is 0 Å². The van der Waals surface area contributed by atoms with Gasteiger partial charge in [-0.25, -0.2) is 0 Å². The van der Waals surface area contributed by atoms with E-state index in [0.717, 1.165) is 25.8 Å². The molecule has 1 saturated heterocycles. The molecule has 218 valence electrons. The number of hydrogen-bond donors (Lipinski definition) is 3. The molecule has 0 amide bonds. The summed E-state index contributed by atoms with van der Waals surface area (Å²) in [4.78, 5) is 20.2. The van der Waals surface area contributed by atoms with E-state index < -0.39 is 33.9 Å². The second kappa shape index (κ2) is 14.7. The summed E-state index contributed by atoms with van der Waals surface area (Å²) in [5.74, 6) is -4.00. The highest BCUT2D eigenvalue weighted by molar-refractivity contribution is 7.90. The largest absolute Gasteiger partial charge is 0.542 e. The standard InChI is InChI=1S/C23H39N3O4S.C2HF3O2/c1-4-5-6-7-8-9-11-20-12-14-21(15-13-20)24-31(29,30)25-23(18-22(27)28)16-10-17-26(2,3)19-23;3-2(4,5)1(6)7/h12-15,24-25H,4-11,16-19H2,1-3H3;(H,6,7). The number of unbranched alkanes of at least 4 members (excludes halogenated alkanes) is 5. The summed E-state index contributed by atoms with van der Waals surface area (Å²) in [6.07, 6.45) is 4.33. The number of likely N-dealkylation sites (tertiary alicyclic amines) is 1. The van der Waals surface area contributed by atoms with Crippen molar-refractivity contribution in [2.24, 2.45) is 0 Å². The summed E-state index contributed by atoms with van der Waals surface area (Å²) in [7, 11) is 0.0956. The van der Waals surface area contributed by atoms with E-state index in [1.54, 1.807) is 12.1 Å². The Kier molecular flexibility index (Phi) is 13.0. The number of carbonyl (C=O) groups excluding carboxylic acids is 1. The molecular weight excluding hydrogens is 527 g/mol. The molecule has 1 aliphatic heterocycles. The first-order valence-electron chi connectivity index (χ1n) is 12.7. The van der Waals surface area contributed by atoms with Crippen molar-refractivity contribution in [3.05, 3.63) is 29.8 Å². The average Bonchev–Trinajstić information content (AvgIpc) is 2.75. The number of halogens is 3. The van der Waals surface area contributed by atoms with Crippen molar-refractivity contribution in [2.45, 2.75) is 82.8 Å². The van der Waals surface area contributed by atoms with Gasteiger partial charge in [-0.05, 0) is 43.4 Å². The lowest BCUT2D eigenvalue weighted by Crippen LogP contribution is -2.64. The van der Waals surface area contributed by atoms with Crippen molar-refractivity contribution in [3.63, 3.8) is 0 Å². The molecule has 0 spiro atoms. The summed E-state index contributed by atoms with van der Waals surface area (Å²) in [5, 5.41) is 18.2. The maximum Gasteiger partial charge on any atom is 0.430 e. The van der Waals surface area contributed by atoms with E-state index in [1.165, 1.54) is 37.7 Å². The van der Waals surface area contributed by atoms with Gasteiger partial charge in [0.1, 0.15) is 5.97 Å². The number of carbonyl (C=O) groups is 2. The van der Waals surface area contributed by atoms with Gasteiger partial charge in [-0.15, -0.1) is 0 Å². The smallest absolute Gasteiger partial charge is 0.430 e. The van der Waals surface area contributed by atoms with Crippen LogP contribution >= 0.6 is 0 Å². The molecule has 0 radical (unpaired) electrons. The lowest BCUT2D eigenvalue weighted by molar-refractivity contribution is -0.899. The van der Waals surface area contributed by atoms with Crippen LogP contribution in [0.4, 0.5) is 18.9 Å². The third-order valence-electron chi connectivity index (χ3n) is 6.25. The molecular formula is C25H40F3N3O6S. The number of rotatable bonds is 13. The van der Waals surface area contributed by atoms with Crippen LogP contribution in [-0.4, -0.2) is 68.8 Å². The molecule has 0 bridgehead atoms. The van der Waals surface area contributed by atoms with E-state index in [1.807, 2.05) is 26.2 Å². The fourth-order valence-electron chi connectivity index (χ4n) is 4.69. The summed E-state index contributed by atoms with van der Waals surface area (Å²) in [6.45, 7) is 3.56. The SMILES string of the molecule is CCCCCCCCc1ccc(NS(=O)(=O)NC2(CC(=O)O)CCC[N+](C)(C)C2)cc1.O=C([O-])C(F)(F)F. The van der Waals surface area contributed by atoms with Crippen LogP contribution in [0.25, 0.3) is 0 Å². The molecule has 0 saturated carbocycles. The van der Waals surface area contributed by atoms with Crippen LogP contribution in [0, 0.1) is 0 Å². The molecule has 1 heterocycles. The number of anilines is 1. The van der Waals surface area contributed by atoms with E-state index >= 15 is 0 Å². The zero-order valence-electron chi connectivity index (χ0n) is 22.3. The molecule has 1 aromatic rings. The van der Waals surface area contributed by atoms with E-state index in [-0.39, 0.29) is 6.42 Å². The van der Waals surface area contributed by atoms with Gasteiger partial charge in [0.15, 0.2) is 0 Å². The number of carboxylic acids is 2. The monoisotopic (exact) mass is 567 g/mol. The van der Waals surface area contributed by atoms with Crippen LogP contribution in [-0.2, 0) is 26.2 Å². The number of nitrogens with one attached hydrogen (secondary N) is 2. The number of hydrogen-bond acceptors (Lipinski definition) is 5. The average molecular weight is 568 g/mol. The highest BCUT2D eigenvalue weighted by Crippen LogP contribution is 2.28. The Morgan fingerprint density at radius 1 is 1.08 bits per heavy atom. The maximum absolute atomic E-state index is 12.8. The Morgan fingerprint density at radius 2 is 1.63 bits per heavy atom. The molecule has 1 aromatic carbocycles. The third kappa shape index (κ3) is 13.4. The Bertz CT molecular complexity index is 1000. The number of aliphatic carboxylic acids is 2. The normalized spacial score (nSPS) is 19.2. The molecule has 1 atom stereocenters. The number of nitrogens with zero attached hydrogens (tertiary/aromatic N) is 1. The Balaban J connectivity index is 0.000000905. The molecule has 0 aromatic heterocycles. The molecule has 0 aliphatic carbocycles. The van der Waals surface area contributed by atoms with Gasteiger partial charge in [0.2, 0.25) is 0 Å². The number of carboxylic acid groups (broad SMARTS) is 2. The molecule has 9 nitrogen and oxygen atoms in total. The molecule has 1 fully saturated rings. The maximum atomic E-state index is 12.8. The van der Waals surface area contributed by atoms with Crippen molar-refractivity contribution in [2.75, 3.05) is 31.9 Å². The van der Waals surface area contributed by atoms with Crippen LogP contribution in [0.5, 0.6) is 0 Å². The molecule has 13 heteroatoms. The van der Waals surface area contributed by atoms with Crippen molar-refractivity contribution >= 4 is 27.8 Å². The molecule has 1 aliphatic rings.